The first-order valence-corrected chi connectivity index (χ1v) is 4.89. The Balaban J connectivity index is 2.33. The Morgan fingerprint density at radius 1 is 1.20 bits per heavy atom. The van der Waals surface area contributed by atoms with Crippen LogP contribution < -0.4 is 5.32 Å². The number of aromatic nitrogens is 3. The second-order valence-corrected chi connectivity index (χ2v) is 3.06. The summed E-state index contributed by atoms with van der Waals surface area (Å²) in [5.74, 6) is 0.568. The van der Waals surface area contributed by atoms with Crippen molar-refractivity contribution in [3.63, 3.8) is 0 Å². The highest BCUT2D eigenvalue weighted by atomic mass is 15.2. The van der Waals surface area contributed by atoms with Crippen LogP contribution in [0.25, 0.3) is 11.3 Å². The van der Waals surface area contributed by atoms with Gasteiger partial charge in [-0.2, -0.15) is 5.10 Å². The Kier molecular flexibility index (Phi) is 2.88. The van der Waals surface area contributed by atoms with Crippen LogP contribution in [0.15, 0.2) is 36.5 Å². The predicted molar refractivity (Wildman–Crippen MR) is 59.4 cm³/mol. The minimum atomic E-state index is 0.568. The number of nitrogens with zero attached hydrogens (tertiary/aromatic N) is 3. The molecule has 1 aromatic carbocycles. The fourth-order valence-corrected chi connectivity index (χ4v) is 1.28. The molecule has 0 bridgehead atoms. The highest BCUT2D eigenvalue weighted by molar-refractivity contribution is 5.58. The van der Waals surface area contributed by atoms with E-state index in [0.717, 1.165) is 17.8 Å². The lowest BCUT2D eigenvalue weighted by molar-refractivity contribution is 0.959. The molecule has 1 aromatic heterocycles. The average Bonchev–Trinajstić information content (AvgIpc) is 2.31. The second kappa shape index (κ2) is 4.50. The highest BCUT2D eigenvalue weighted by Gasteiger charge is 2.00. The lowest BCUT2D eigenvalue weighted by Crippen LogP contribution is -2.03. The first-order chi connectivity index (χ1) is 7.40. The number of hydrogen-bond donors (Lipinski definition) is 1. The summed E-state index contributed by atoms with van der Waals surface area (Å²) in [7, 11) is 0. The molecule has 0 saturated carbocycles. The maximum Gasteiger partial charge on any atom is 0.243 e. The van der Waals surface area contributed by atoms with Crippen LogP contribution >= 0.6 is 0 Å². The summed E-state index contributed by atoms with van der Waals surface area (Å²) in [5.41, 5.74) is 1.88. The molecule has 2 rings (SSSR count). The molecular weight excluding hydrogens is 188 g/mol. The molecule has 0 saturated heterocycles. The molecule has 0 spiro atoms. The van der Waals surface area contributed by atoms with Gasteiger partial charge in [-0.05, 0) is 6.92 Å². The molecule has 0 amide bonds. The molecule has 4 heteroatoms. The molecule has 4 nitrogen and oxygen atoms in total. The number of benzene rings is 1. The van der Waals surface area contributed by atoms with Gasteiger partial charge >= 0.3 is 0 Å². The Morgan fingerprint density at radius 2 is 2.00 bits per heavy atom. The molecule has 0 radical (unpaired) electrons. The van der Waals surface area contributed by atoms with E-state index in [0.29, 0.717) is 5.95 Å². The van der Waals surface area contributed by atoms with Crippen molar-refractivity contribution in [2.45, 2.75) is 6.92 Å². The van der Waals surface area contributed by atoms with E-state index in [-0.39, 0.29) is 0 Å². The van der Waals surface area contributed by atoms with Crippen molar-refractivity contribution in [2.24, 2.45) is 0 Å². The molecule has 2 aromatic rings. The van der Waals surface area contributed by atoms with Gasteiger partial charge in [0.2, 0.25) is 5.95 Å². The molecule has 0 aliphatic heterocycles. The number of hydrogen-bond acceptors (Lipinski definition) is 4. The number of nitrogens with one attached hydrogen (secondary N) is 1. The van der Waals surface area contributed by atoms with E-state index in [2.05, 4.69) is 20.5 Å². The molecule has 0 aliphatic carbocycles. The Hall–Kier alpha value is -1.97. The van der Waals surface area contributed by atoms with Crippen LogP contribution in [0.3, 0.4) is 0 Å². The lowest BCUT2D eigenvalue weighted by Gasteiger charge is -2.02. The van der Waals surface area contributed by atoms with Crippen molar-refractivity contribution in [3.05, 3.63) is 36.5 Å². The van der Waals surface area contributed by atoms with Crippen LogP contribution in [-0.2, 0) is 0 Å². The molecular formula is C11H12N4. The molecule has 15 heavy (non-hydrogen) atoms. The predicted octanol–water partition coefficient (Wildman–Crippen LogP) is 1.97. The van der Waals surface area contributed by atoms with Gasteiger partial charge in [0.1, 0.15) is 0 Å². The number of rotatable bonds is 3. The van der Waals surface area contributed by atoms with Gasteiger partial charge < -0.3 is 5.32 Å². The molecule has 0 fully saturated rings. The van der Waals surface area contributed by atoms with Gasteiger partial charge in [0.05, 0.1) is 11.9 Å². The fraction of sp³-hybridized carbons (Fsp3) is 0.182. The van der Waals surface area contributed by atoms with E-state index < -0.39 is 0 Å². The van der Waals surface area contributed by atoms with Gasteiger partial charge in [-0.3, -0.25) is 0 Å². The third-order valence-corrected chi connectivity index (χ3v) is 1.96. The molecule has 0 aliphatic rings. The van der Waals surface area contributed by atoms with Gasteiger partial charge in [-0.1, -0.05) is 30.3 Å². The van der Waals surface area contributed by atoms with E-state index >= 15 is 0 Å². The van der Waals surface area contributed by atoms with Crippen molar-refractivity contribution in [3.8, 4) is 11.3 Å². The van der Waals surface area contributed by atoms with Crippen molar-refractivity contribution in [1.29, 1.82) is 0 Å². The van der Waals surface area contributed by atoms with Crippen LogP contribution in [0.1, 0.15) is 6.92 Å². The largest absolute Gasteiger partial charge is 0.353 e. The third kappa shape index (κ3) is 2.28. The summed E-state index contributed by atoms with van der Waals surface area (Å²) >= 11 is 0. The summed E-state index contributed by atoms with van der Waals surface area (Å²) in [6, 6.07) is 9.93. The zero-order valence-corrected chi connectivity index (χ0v) is 8.51. The second-order valence-electron chi connectivity index (χ2n) is 3.06. The number of anilines is 1. The highest BCUT2D eigenvalue weighted by Crippen LogP contribution is 2.15. The molecule has 0 atom stereocenters. The van der Waals surface area contributed by atoms with Crippen LogP contribution in [0.2, 0.25) is 0 Å². The van der Waals surface area contributed by atoms with Crippen molar-refractivity contribution < 1.29 is 0 Å². The van der Waals surface area contributed by atoms with Crippen LogP contribution in [-0.4, -0.2) is 21.7 Å². The summed E-state index contributed by atoms with van der Waals surface area (Å²) in [6.45, 7) is 2.79. The van der Waals surface area contributed by atoms with Gasteiger partial charge in [0, 0.05) is 12.1 Å². The van der Waals surface area contributed by atoms with Crippen LogP contribution in [0.4, 0.5) is 5.95 Å². The standard InChI is InChI=1S/C11H12N4/c1-2-12-11-14-10(8-13-15-11)9-6-4-3-5-7-9/h3-8H,2H2,1H3,(H,12,14,15). The normalized spacial score (nSPS) is 9.93. The summed E-state index contributed by atoms with van der Waals surface area (Å²) in [6.07, 6.45) is 1.66. The Morgan fingerprint density at radius 3 is 2.73 bits per heavy atom. The SMILES string of the molecule is CCNc1nncc(-c2ccccc2)n1. The van der Waals surface area contributed by atoms with Gasteiger partial charge in [0.25, 0.3) is 0 Å². The minimum Gasteiger partial charge on any atom is -0.353 e. The third-order valence-electron chi connectivity index (χ3n) is 1.96. The summed E-state index contributed by atoms with van der Waals surface area (Å²) < 4.78 is 0. The van der Waals surface area contributed by atoms with Gasteiger partial charge in [0.15, 0.2) is 0 Å². The fourth-order valence-electron chi connectivity index (χ4n) is 1.28. The topological polar surface area (TPSA) is 50.7 Å². The smallest absolute Gasteiger partial charge is 0.243 e. The van der Waals surface area contributed by atoms with E-state index in [4.69, 9.17) is 0 Å². The van der Waals surface area contributed by atoms with Crippen LogP contribution in [0, 0.1) is 0 Å². The van der Waals surface area contributed by atoms with E-state index in [1.807, 2.05) is 37.3 Å². The van der Waals surface area contributed by atoms with E-state index in [1.165, 1.54) is 0 Å². The molecule has 0 unspecified atom stereocenters. The lowest BCUT2D eigenvalue weighted by atomic mass is 10.2. The van der Waals surface area contributed by atoms with Crippen molar-refractivity contribution in [2.75, 3.05) is 11.9 Å². The van der Waals surface area contributed by atoms with E-state index in [9.17, 15) is 0 Å². The summed E-state index contributed by atoms with van der Waals surface area (Å²) in [5, 5.41) is 10.8. The zero-order chi connectivity index (χ0) is 10.5. The Labute approximate surface area is 88.4 Å². The average molecular weight is 200 g/mol. The zero-order valence-electron chi connectivity index (χ0n) is 8.51. The van der Waals surface area contributed by atoms with Crippen molar-refractivity contribution >= 4 is 5.95 Å². The minimum absolute atomic E-state index is 0.568. The van der Waals surface area contributed by atoms with Gasteiger partial charge in [-0.25, -0.2) is 4.98 Å². The van der Waals surface area contributed by atoms with Crippen molar-refractivity contribution in [1.82, 2.24) is 15.2 Å². The quantitative estimate of drug-likeness (QED) is 0.823. The molecule has 1 heterocycles. The maximum absolute atomic E-state index is 4.35. The molecule has 1 N–H and O–H groups in total. The Bertz CT molecular complexity index is 428. The molecule has 76 valence electrons. The van der Waals surface area contributed by atoms with Crippen LogP contribution in [0.5, 0.6) is 0 Å². The first kappa shape index (κ1) is 9.58. The maximum atomic E-state index is 4.35. The van der Waals surface area contributed by atoms with Gasteiger partial charge in [-0.15, -0.1) is 5.10 Å². The summed E-state index contributed by atoms with van der Waals surface area (Å²) in [4.78, 5) is 4.35. The first-order valence-electron chi connectivity index (χ1n) is 4.89. The van der Waals surface area contributed by atoms with E-state index in [1.54, 1.807) is 6.20 Å². The monoisotopic (exact) mass is 200 g/mol.